The van der Waals surface area contributed by atoms with Crippen LogP contribution in [-0.2, 0) is 19.0 Å². The molecule has 1 aromatic heterocycles. The first-order chi connectivity index (χ1) is 20.1. The topological polar surface area (TPSA) is 107 Å². The molecule has 1 fully saturated rings. The molecule has 2 aromatic carbocycles. The molecule has 0 aliphatic carbocycles. The van der Waals surface area contributed by atoms with Crippen molar-refractivity contribution < 1.29 is 23.7 Å². The lowest BCUT2D eigenvalue weighted by Crippen LogP contribution is -2.31. The standard InChI is InChI=1S/C31H41N5O5/c1-23(24-9-5-4-6-10-24)34-31-26-19-28(35-30(37)12-7-13-36(14-17-38-2)15-18-39-3)29(20-27(26)32-22-33-31)41-21-25-11-8-16-40-25/h4-7,9-10,12,19-20,22-23,25H,8,11,13-18,21H2,1-3H3,(H,35,37)(H,32,33,34)/t23-,25?/m1/s1. The Kier molecular flexibility index (Phi) is 11.9. The summed E-state index contributed by atoms with van der Waals surface area (Å²) in [7, 11) is 3.35. The third-order valence-corrected chi connectivity index (χ3v) is 6.95. The third kappa shape index (κ3) is 9.22. The van der Waals surface area contributed by atoms with Gasteiger partial charge in [-0.1, -0.05) is 36.4 Å². The zero-order chi connectivity index (χ0) is 28.9. The van der Waals surface area contributed by atoms with Crippen molar-refractivity contribution in [2.24, 2.45) is 0 Å². The van der Waals surface area contributed by atoms with Crippen LogP contribution in [0.25, 0.3) is 10.9 Å². The first-order valence-corrected chi connectivity index (χ1v) is 14.1. The van der Waals surface area contributed by atoms with Crippen molar-refractivity contribution in [1.82, 2.24) is 14.9 Å². The summed E-state index contributed by atoms with van der Waals surface area (Å²) in [6, 6.07) is 13.9. The number of aromatic nitrogens is 2. The maximum atomic E-state index is 13.0. The normalized spacial score (nSPS) is 16.0. The molecular weight excluding hydrogens is 522 g/mol. The van der Waals surface area contributed by atoms with Crippen LogP contribution in [-0.4, -0.2) is 87.2 Å². The van der Waals surface area contributed by atoms with Crippen LogP contribution in [0.1, 0.15) is 31.4 Å². The Morgan fingerprint density at radius 3 is 2.63 bits per heavy atom. The second-order valence-corrected chi connectivity index (χ2v) is 9.99. The molecule has 0 saturated carbocycles. The quantitative estimate of drug-likeness (QED) is 0.245. The number of carbonyl (C=O) groups excluding carboxylic acids is 1. The molecule has 2 heterocycles. The van der Waals surface area contributed by atoms with Crippen molar-refractivity contribution in [3.05, 3.63) is 66.5 Å². The molecular formula is C31H41N5O5. The third-order valence-electron chi connectivity index (χ3n) is 6.95. The van der Waals surface area contributed by atoms with Gasteiger partial charge in [0.25, 0.3) is 0 Å². The molecule has 1 aliphatic heterocycles. The average molecular weight is 564 g/mol. The predicted octanol–water partition coefficient (Wildman–Crippen LogP) is 4.45. The van der Waals surface area contributed by atoms with E-state index in [1.165, 1.54) is 6.33 Å². The highest BCUT2D eigenvalue weighted by atomic mass is 16.5. The van der Waals surface area contributed by atoms with Crippen molar-refractivity contribution in [2.75, 3.05) is 70.9 Å². The number of anilines is 2. The minimum Gasteiger partial charge on any atom is -0.489 e. The lowest BCUT2D eigenvalue weighted by Gasteiger charge is -2.19. The zero-order valence-electron chi connectivity index (χ0n) is 24.2. The van der Waals surface area contributed by atoms with Crippen LogP contribution in [0.15, 0.2) is 60.9 Å². The van der Waals surface area contributed by atoms with E-state index >= 15 is 0 Å². The maximum Gasteiger partial charge on any atom is 0.248 e. The number of hydrogen-bond acceptors (Lipinski definition) is 9. The van der Waals surface area contributed by atoms with Crippen molar-refractivity contribution >= 4 is 28.3 Å². The molecule has 3 aromatic rings. The van der Waals surface area contributed by atoms with Gasteiger partial charge in [0.05, 0.1) is 30.5 Å². The molecule has 10 nitrogen and oxygen atoms in total. The second kappa shape index (κ2) is 16.0. The van der Waals surface area contributed by atoms with Gasteiger partial charge >= 0.3 is 0 Å². The Bertz CT molecular complexity index is 1260. The number of nitrogens with one attached hydrogen (secondary N) is 2. The maximum absolute atomic E-state index is 13.0. The molecule has 0 spiro atoms. The van der Waals surface area contributed by atoms with Crippen LogP contribution < -0.4 is 15.4 Å². The fourth-order valence-electron chi connectivity index (χ4n) is 4.62. The Hall–Kier alpha value is -3.57. The highest BCUT2D eigenvalue weighted by Gasteiger charge is 2.19. The minimum absolute atomic E-state index is 0.0184. The van der Waals surface area contributed by atoms with Crippen LogP contribution in [0.2, 0.25) is 0 Å². The highest BCUT2D eigenvalue weighted by Crippen LogP contribution is 2.34. The molecule has 10 heteroatoms. The van der Waals surface area contributed by atoms with E-state index in [0.717, 1.165) is 43.5 Å². The van der Waals surface area contributed by atoms with E-state index in [-0.39, 0.29) is 18.1 Å². The van der Waals surface area contributed by atoms with E-state index < -0.39 is 0 Å². The van der Waals surface area contributed by atoms with Crippen molar-refractivity contribution in [3.8, 4) is 5.75 Å². The molecule has 0 bridgehead atoms. The molecule has 1 aliphatic rings. The van der Waals surface area contributed by atoms with Crippen LogP contribution in [0, 0.1) is 0 Å². The molecule has 1 unspecified atom stereocenters. The molecule has 1 amide bonds. The van der Waals surface area contributed by atoms with Gasteiger partial charge in [0.15, 0.2) is 0 Å². The summed E-state index contributed by atoms with van der Waals surface area (Å²) < 4.78 is 22.3. The second-order valence-electron chi connectivity index (χ2n) is 9.99. The van der Waals surface area contributed by atoms with Crippen LogP contribution in [0.4, 0.5) is 11.5 Å². The van der Waals surface area contributed by atoms with E-state index in [9.17, 15) is 4.79 Å². The largest absolute Gasteiger partial charge is 0.489 e. The van der Waals surface area contributed by atoms with Gasteiger partial charge in [-0.2, -0.15) is 0 Å². The van der Waals surface area contributed by atoms with E-state index in [2.05, 4.69) is 44.6 Å². The van der Waals surface area contributed by atoms with Crippen molar-refractivity contribution in [1.29, 1.82) is 0 Å². The molecule has 41 heavy (non-hydrogen) atoms. The molecule has 4 rings (SSSR count). The molecule has 2 N–H and O–H groups in total. The van der Waals surface area contributed by atoms with Gasteiger partial charge in [0.1, 0.15) is 24.5 Å². The summed E-state index contributed by atoms with van der Waals surface area (Å²) in [6.07, 6.45) is 6.92. The van der Waals surface area contributed by atoms with Crippen LogP contribution in [0.5, 0.6) is 5.75 Å². The number of rotatable bonds is 16. The number of hydrogen-bond donors (Lipinski definition) is 2. The van der Waals surface area contributed by atoms with Gasteiger partial charge in [0.2, 0.25) is 5.91 Å². The Morgan fingerprint density at radius 2 is 1.93 bits per heavy atom. The fourth-order valence-corrected chi connectivity index (χ4v) is 4.62. The summed E-state index contributed by atoms with van der Waals surface area (Å²) in [6.45, 7) is 6.52. The fraction of sp³-hybridized carbons (Fsp3) is 0.452. The number of nitrogens with zero attached hydrogens (tertiary/aromatic N) is 3. The van der Waals surface area contributed by atoms with Gasteiger partial charge in [-0.25, -0.2) is 9.97 Å². The number of amides is 1. The molecule has 1 saturated heterocycles. The Labute approximate surface area is 242 Å². The van der Waals surface area contributed by atoms with E-state index in [1.807, 2.05) is 36.4 Å². The summed E-state index contributed by atoms with van der Waals surface area (Å²) in [5.41, 5.74) is 2.40. The first kappa shape index (κ1) is 30.4. The smallest absolute Gasteiger partial charge is 0.248 e. The summed E-state index contributed by atoms with van der Waals surface area (Å²) in [5.74, 6) is 0.959. The van der Waals surface area contributed by atoms with Crippen molar-refractivity contribution in [3.63, 3.8) is 0 Å². The van der Waals surface area contributed by atoms with E-state index in [0.29, 0.717) is 49.1 Å². The Balaban J connectivity index is 1.54. The van der Waals surface area contributed by atoms with Gasteiger partial charge in [-0.15, -0.1) is 0 Å². The predicted molar refractivity (Wildman–Crippen MR) is 160 cm³/mol. The Morgan fingerprint density at radius 1 is 1.15 bits per heavy atom. The van der Waals surface area contributed by atoms with Gasteiger partial charge < -0.3 is 29.6 Å². The zero-order valence-corrected chi connectivity index (χ0v) is 24.2. The SMILES string of the molecule is COCCN(CC=CC(=O)Nc1cc2c(N[C@H](C)c3ccccc3)ncnc2cc1OCC1CCCO1)CCOC. The van der Waals surface area contributed by atoms with Crippen molar-refractivity contribution in [2.45, 2.75) is 31.9 Å². The van der Waals surface area contributed by atoms with Crippen LogP contribution >= 0.6 is 0 Å². The summed E-state index contributed by atoms with van der Waals surface area (Å²) in [4.78, 5) is 24.2. The summed E-state index contributed by atoms with van der Waals surface area (Å²) >= 11 is 0. The number of methoxy groups -OCH3 is 2. The minimum atomic E-state index is -0.256. The van der Waals surface area contributed by atoms with E-state index in [1.54, 1.807) is 20.3 Å². The monoisotopic (exact) mass is 563 g/mol. The first-order valence-electron chi connectivity index (χ1n) is 14.1. The van der Waals surface area contributed by atoms with Gasteiger partial charge in [-0.3, -0.25) is 9.69 Å². The molecule has 220 valence electrons. The lowest BCUT2D eigenvalue weighted by molar-refractivity contribution is -0.111. The van der Waals surface area contributed by atoms with Gasteiger partial charge in [-0.05, 0) is 31.4 Å². The highest BCUT2D eigenvalue weighted by molar-refractivity contribution is 6.03. The van der Waals surface area contributed by atoms with Gasteiger partial charge in [0, 0.05) is 64.0 Å². The molecule has 0 radical (unpaired) electrons. The number of carbonyl (C=O) groups is 1. The molecule has 2 atom stereocenters. The van der Waals surface area contributed by atoms with Crippen LogP contribution in [0.3, 0.4) is 0 Å². The van der Waals surface area contributed by atoms with E-state index in [4.69, 9.17) is 18.9 Å². The lowest BCUT2D eigenvalue weighted by atomic mass is 10.1. The number of fused-ring (bicyclic) bond motifs is 1. The summed E-state index contributed by atoms with van der Waals surface area (Å²) in [5, 5.41) is 7.28. The average Bonchev–Trinajstić information content (AvgIpc) is 3.52. The number of ether oxygens (including phenoxy) is 4. The number of benzene rings is 2.